The van der Waals surface area contributed by atoms with E-state index in [4.69, 9.17) is 18.0 Å². The number of hydrogen-bond acceptors (Lipinski definition) is 5. The van der Waals surface area contributed by atoms with Gasteiger partial charge in [0.25, 0.3) is 0 Å². The minimum absolute atomic E-state index is 0.303. The van der Waals surface area contributed by atoms with Gasteiger partial charge in [0.1, 0.15) is 0 Å². The van der Waals surface area contributed by atoms with Crippen molar-refractivity contribution in [2.75, 3.05) is 26.4 Å². The molecule has 382 valence electrons. The first-order valence-electron chi connectivity index (χ1n) is 27.6. The van der Waals surface area contributed by atoms with E-state index in [0.717, 1.165) is 116 Å². The van der Waals surface area contributed by atoms with E-state index in [1.807, 2.05) is 0 Å². The molecule has 0 N–H and O–H groups in total. The third-order valence-corrected chi connectivity index (χ3v) is 14.1. The van der Waals surface area contributed by atoms with Crippen LogP contribution >= 0.6 is 0 Å². The average molecular weight is 946 g/mol. The number of ether oxygens (including phenoxy) is 1. The topological polar surface area (TPSA) is 54.0 Å². The first kappa shape index (κ1) is 64.0. The summed E-state index contributed by atoms with van der Waals surface area (Å²) in [5.74, 6) is -0.354. The molecule has 0 saturated heterocycles. The van der Waals surface area contributed by atoms with Gasteiger partial charge in [0, 0.05) is 31.4 Å². The van der Waals surface area contributed by atoms with Crippen LogP contribution in [0.4, 0.5) is 0 Å². The zero-order valence-corrected chi connectivity index (χ0v) is 45.1. The van der Waals surface area contributed by atoms with E-state index in [-0.39, 0.29) is 5.97 Å². The fraction of sp³-hybridized carbons (Fsp3) is 0.656. The highest BCUT2D eigenvalue weighted by atomic mass is 28.4. The predicted octanol–water partition coefficient (Wildman–Crippen LogP) is 19.3. The zero-order chi connectivity index (χ0) is 48.7. The molecule has 0 unspecified atom stereocenters. The second kappa shape index (κ2) is 53.9. The lowest BCUT2D eigenvalue weighted by atomic mass is 10.2. The summed E-state index contributed by atoms with van der Waals surface area (Å²) in [5.41, 5.74) is 0.413. The molecule has 0 radical (unpaired) electrons. The lowest BCUT2D eigenvalue weighted by Gasteiger charge is -2.30. The quantitative estimate of drug-likeness (QED) is 0.0200. The summed E-state index contributed by atoms with van der Waals surface area (Å²) in [6, 6.07) is 0.628. The first-order chi connectivity index (χ1) is 33.0. The van der Waals surface area contributed by atoms with Crippen LogP contribution in [-0.4, -0.2) is 41.2 Å². The van der Waals surface area contributed by atoms with Crippen molar-refractivity contribution < 1.29 is 22.8 Å². The van der Waals surface area contributed by atoms with E-state index in [2.05, 4.69) is 137 Å². The van der Waals surface area contributed by atoms with Crippen molar-refractivity contribution in [3.05, 3.63) is 122 Å². The smallest absolute Gasteiger partial charge is 0.462 e. The van der Waals surface area contributed by atoms with Crippen molar-refractivity contribution in [1.82, 2.24) is 0 Å². The van der Waals surface area contributed by atoms with Gasteiger partial charge in [-0.1, -0.05) is 175 Å². The van der Waals surface area contributed by atoms with E-state index in [1.54, 1.807) is 6.92 Å². The van der Waals surface area contributed by atoms with Crippen LogP contribution in [0.25, 0.3) is 0 Å². The summed E-state index contributed by atoms with van der Waals surface area (Å²) in [6.45, 7) is 14.3. The van der Waals surface area contributed by atoms with E-state index in [1.165, 1.54) is 77.0 Å². The van der Waals surface area contributed by atoms with Crippen LogP contribution < -0.4 is 0 Å². The highest BCUT2D eigenvalue weighted by molar-refractivity contribution is 6.60. The number of allylic oxidation sites excluding steroid dienone is 18. The monoisotopic (exact) mass is 945 g/mol. The molecule has 0 atom stereocenters. The molecule has 0 aliphatic rings. The van der Waals surface area contributed by atoms with Gasteiger partial charge in [0.2, 0.25) is 0 Å². The molecule has 0 spiro atoms. The third-order valence-electron chi connectivity index (χ3n) is 11.2. The maximum absolute atomic E-state index is 12.2. The Hall–Kier alpha value is -3.03. The van der Waals surface area contributed by atoms with Crippen LogP contribution in [0.3, 0.4) is 0 Å². The van der Waals surface area contributed by atoms with Gasteiger partial charge < -0.3 is 18.0 Å². The molecule has 0 aromatic heterocycles. The lowest BCUT2D eigenvalue weighted by molar-refractivity contribution is -0.139. The first-order valence-corrected chi connectivity index (χ1v) is 29.5. The van der Waals surface area contributed by atoms with Crippen molar-refractivity contribution >= 4 is 14.8 Å². The summed E-state index contributed by atoms with van der Waals surface area (Å²) in [5, 5.41) is 0. The summed E-state index contributed by atoms with van der Waals surface area (Å²) >= 11 is 0. The summed E-state index contributed by atoms with van der Waals surface area (Å²) in [7, 11) is -3.03. The average Bonchev–Trinajstić information content (AvgIpc) is 3.33. The minimum atomic E-state index is -3.03. The van der Waals surface area contributed by atoms with Crippen molar-refractivity contribution in [3.8, 4) is 0 Å². The molecule has 0 saturated carbocycles. The largest absolute Gasteiger partial charge is 0.501 e. The Morgan fingerprint density at radius 1 is 0.358 bits per heavy atom. The molecule has 0 aromatic carbocycles. The second-order valence-corrected chi connectivity index (χ2v) is 20.6. The Kier molecular flexibility index (Phi) is 51.5. The Balaban J connectivity index is 5.13. The lowest BCUT2D eigenvalue weighted by Crippen LogP contribution is -2.47. The van der Waals surface area contributed by atoms with Gasteiger partial charge in [-0.05, 0) is 167 Å². The Morgan fingerprint density at radius 2 is 0.627 bits per heavy atom. The molecule has 0 aliphatic carbocycles. The van der Waals surface area contributed by atoms with Gasteiger partial charge in [-0.15, -0.1) is 0 Å². The van der Waals surface area contributed by atoms with E-state index in [9.17, 15) is 4.79 Å². The SMILES string of the molecule is C=C(C)C(=O)OCCC[Si](OCCCC/C=C\CC/C=C\C/C=C\CCCCC)(OCCCC/C=C\CC/C=C\C/C=C\CCCCC)OCCCC/C=C\CC/C=C\C/C=C\CCCCC. The number of unbranched alkanes of at least 4 members (excludes halogenated alkanes) is 18. The normalized spacial score (nSPS) is 12.9. The van der Waals surface area contributed by atoms with E-state index in [0.29, 0.717) is 44.5 Å². The van der Waals surface area contributed by atoms with Crippen molar-refractivity contribution in [2.45, 2.75) is 233 Å². The van der Waals surface area contributed by atoms with Crippen molar-refractivity contribution in [3.63, 3.8) is 0 Å². The molecule has 0 heterocycles. The Labute approximate surface area is 416 Å². The maximum atomic E-state index is 12.2. The summed E-state index contributed by atoms with van der Waals surface area (Å²) in [6.07, 6.45) is 76.3. The van der Waals surface area contributed by atoms with Gasteiger partial charge in [-0.3, -0.25) is 0 Å². The molecule has 0 bridgehead atoms. The number of rotatable bonds is 50. The molecule has 6 heteroatoms. The van der Waals surface area contributed by atoms with Gasteiger partial charge in [-0.2, -0.15) is 0 Å². The van der Waals surface area contributed by atoms with Crippen LogP contribution in [0.15, 0.2) is 122 Å². The Bertz CT molecular complexity index is 1230. The van der Waals surface area contributed by atoms with Crippen molar-refractivity contribution in [1.29, 1.82) is 0 Å². The van der Waals surface area contributed by atoms with E-state index >= 15 is 0 Å². The van der Waals surface area contributed by atoms with Gasteiger partial charge in [0.05, 0.1) is 6.61 Å². The number of carbonyl (C=O) groups is 1. The highest BCUT2D eigenvalue weighted by Crippen LogP contribution is 2.22. The molecule has 67 heavy (non-hydrogen) atoms. The number of carbonyl (C=O) groups excluding carboxylic acids is 1. The maximum Gasteiger partial charge on any atom is 0.501 e. The van der Waals surface area contributed by atoms with Gasteiger partial charge >= 0.3 is 14.8 Å². The summed E-state index contributed by atoms with van der Waals surface area (Å²) in [4.78, 5) is 12.2. The predicted molar refractivity (Wildman–Crippen MR) is 297 cm³/mol. The second-order valence-electron chi connectivity index (χ2n) is 17.9. The van der Waals surface area contributed by atoms with Crippen LogP contribution in [0.2, 0.25) is 6.04 Å². The molecule has 0 rings (SSSR count). The standard InChI is InChI=1S/C61H104O5Si/c1-6-9-12-15-18-21-24-27-30-33-36-39-42-45-48-51-56-64-67(59-54-55-63-61(62)60(4)5,65-57-52-49-46-43-40-37-34-31-28-25-22-19-16-13-10-7-2)66-58-53-50-47-44-41-38-35-32-29-26-23-20-17-14-11-8-3/h18-23,27-32,39-44H,4,6-17,24-26,33-38,45-59H2,1-3,5H3/b21-18-,22-19-,23-20-,30-27-,31-28-,32-29-,42-39-,43-40-,44-41-. The number of hydrogen-bond donors (Lipinski definition) is 0. The molecule has 0 amide bonds. The highest BCUT2D eigenvalue weighted by Gasteiger charge is 2.40. The third kappa shape index (κ3) is 49.2. The molecular formula is C61H104O5Si. The molecule has 0 fully saturated rings. The molecule has 5 nitrogen and oxygen atoms in total. The molecule has 0 aliphatic heterocycles. The van der Waals surface area contributed by atoms with Gasteiger partial charge in [-0.25, -0.2) is 4.79 Å². The fourth-order valence-corrected chi connectivity index (χ4v) is 9.66. The van der Waals surface area contributed by atoms with E-state index < -0.39 is 8.80 Å². The fourth-order valence-electron chi connectivity index (χ4n) is 7.04. The van der Waals surface area contributed by atoms with Crippen LogP contribution in [0, 0.1) is 0 Å². The Morgan fingerprint density at radius 3 is 0.925 bits per heavy atom. The van der Waals surface area contributed by atoms with Crippen LogP contribution in [0.1, 0.15) is 227 Å². The van der Waals surface area contributed by atoms with Crippen molar-refractivity contribution in [2.24, 2.45) is 0 Å². The molecular weight excluding hydrogens is 841 g/mol. The van der Waals surface area contributed by atoms with Crippen LogP contribution in [-0.2, 0) is 22.8 Å². The zero-order valence-electron chi connectivity index (χ0n) is 44.1. The number of esters is 1. The molecule has 0 aromatic rings. The van der Waals surface area contributed by atoms with Gasteiger partial charge in [0.15, 0.2) is 0 Å². The van der Waals surface area contributed by atoms with Crippen LogP contribution in [0.5, 0.6) is 0 Å². The summed E-state index contributed by atoms with van der Waals surface area (Å²) < 4.78 is 25.6. The minimum Gasteiger partial charge on any atom is -0.462 e.